The van der Waals surface area contributed by atoms with E-state index in [1.165, 1.54) is 11.3 Å². The van der Waals surface area contributed by atoms with Crippen molar-refractivity contribution in [1.82, 2.24) is 25.3 Å². The number of rotatable bonds is 5. The molecule has 158 valence electrons. The number of hydrogen-bond donors (Lipinski definition) is 2. The first-order chi connectivity index (χ1) is 14.6. The third-order valence-electron chi connectivity index (χ3n) is 6.34. The molecule has 2 aliphatic heterocycles. The lowest BCUT2D eigenvalue weighted by molar-refractivity contribution is 0.239. The van der Waals surface area contributed by atoms with Crippen LogP contribution in [0.5, 0.6) is 0 Å². The Morgan fingerprint density at radius 3 is 2.70 bits per heavy atom. The van der Waals surface area contributed by atoms with Crippen LogP contribution < -0.4 is 15.5 Å². The van der Waals surface area contributed by atoms with Crippen LogP contribution in [0.3, 0.4) is 0 Å². The van der Waals surface area contributed by atoms with Crippen LogP contribution in [0.4, 0.5) is 17.5 Å². The number of aromatic nitrogens is 3. The smallest absolute Gasteiger partial charge is 0.228 e. The number of hydrazone groups is 1. The molecule has 5 rings (SSSR count). The number of piperazine rings is 1. The van der Waals surface area contributed by atoms with E-state index in [0.717, 1.165) is 56.3 Å². The molecule has 0 radical (unpaired) electrons. The number of nitrogens with one attached hydrogen (secondary N) is 2. The van der Waals surface area contributed by atoms with E-state index < -0.39 is 0 Å². The summed E-state index contributed by atoms with van der Waals surface area (Å²) in [7, 11) is 0. The third kappa shape index (κ3) is 3.39. The van der Waals surface area contributed by atoms with Crippen molar-refractivity contribution in [1.29, 1.82) is 0 Å². The number of fused-ring (bicyclic) bond motifs is 3. The summed E-state index contributed by atoms with van der Waals surface area (Å²) in [5, 5.41) is 13.8. The highest BCUT2D eigenvalue weighted by molar-refractivity contribution is 5.95. The molecule has 2 aromatic heterocycles. The van der Waals surface area contributed by atoms with Gasteiger partial charge in [0.15, 0.2) is 0 Å². The van der Waals surface area contributed by atoms with E-state index in [1.54, 1.807) is 0 Å². The van der Waals surface area contributed by atoms with Crippen molar-refractivity contribution >= 4 is 23.2 Å². The highest BCUT2D eigenvalue weighted by Crippen LogP contribution is 2.42. The summed E-state index contributed by atoms with van der Waals surface area (Å²) in [5.41, 5.74) is 4.76. The van der Waals surface area contributed by atoms with E-state index >= 15 is 0 Å². The van der Waals surface area contributed by atoms with Crippen molar-refractivity contribution in [2.75, 3.05) is 42.9 Å². The first kappa shape index (κ1) is 19.2. The first-order valence-corrected chi connectivity index (χ1v) is 11.0. The summed E-state index contributed by atoms with van der Waals surface area (Å²) in [6.07, 6.45) is 4.87. The van der Waals surface area contributed by atoms with Gasteiger partial charge < -0.3 is 15.5 Å². The standard InChI is InChI=1S/C22H30N8/c1-4-30-17-11-15-12-25-22(27-21(15)19(17)20(28-30)14(2)3)26-18-6-5-16(13-24-18)29-9-7-23-8-10-29/h5-6,12-14,17,19,23H,4,7-11H2,1-3H3,(H,24,25,26,27). The van der Waals surface area contributed by atoms with E-state index in [4.69, 9.17) is 10.1 Å². The van der Waals surface area contributed by atoms with Crippen LogP contribution >= 0.6 is 0 Å². The molecule has 0 amide bonds. The average molecular weight is 407 g/mol. The summed E-state index contributed by atoms with van der Waals surface area (Å²) >= 11 is 0. The van der Waals surface area contributed by atoms with Gasteiger partial charge in [-0.05, 0) is 37.0 Å². The Balaban J connectivity index is 1.35. The second-order valence-corrected chi connectivity index (χ2v) is 8.55. The molecule has 2 N–H and O–H groups in total. The molecular formula is C22H30N8. The number of anilines is 3. The van der Waals surface area contributed by atoms with Gasteiger partial charge in [-0.25, -0.2) is 15.0 Å². The van der Waals surface area contributed by atoms with Gasteiger partial charge in [-0.2, -0.15) is 5.10 Å². The lowest BCUT2D eigenvalue weighted by Gasteiger charge is -2.29. The quantitative estimate of drug-likeness (QED) is 0.789. The van der Waals surface area contributed by atoms with Crippen molar-refractivity contribution in [3.8, 4) is 0 Å². The Morgan fingerprint density at radius 2 is 2.00 bits per heavy atom. The zero-order chi connectivity index (χ0) is 20.7. The van der Waals surface area contributed by atoms with E-state index in [-0.39, 0.29) is 5.92 Å². The van der Waals surface area contributed by atoms with Gasteiger partial charge in [0.1, 0.15) is 5.82 Å². The van der Waals surface area contributed by atoms with Crippen molar-refractivity contribution in [2.24, 2.45) is 11.0 Å². The summed E-state index contributed by atoms with van der Waals surface area (Å²) in [6, 6.07) is 4.50. The van der Waals surface area contributed by atoms with Gasteiger partial charge in [0.05, 0.1) is 35.2 Å². The van der Waals surface area contributed by atoms with Crippen molar-refractivity contribution < 1.29 is 0 Å². The molecule has 1 saturated heterocycles. The van der Waals surface area contributed by atoms with Gasteiger partial charge in [0, 0.05) is 38.9 Å². The zero-order valence-electron chi connectivity index (χ0n) is 18.0. The summed E-state index contributed by atoms with van der Waals surface area (Å²) in [5.74, 6) is 2.05. The van der Waals surface area contributed by atoms with Crippen molar-refractivity contribution in [2.45, 2.75) is 39.2 Å². The van der Waals surface area contributed by atoms with Crippen molar-refractivity contribution in [3.05, 3.63) is 35.8 Å². The zero-order valence-corrected chi connectivity index (χ0v) is 18.0. The Kier molecular flexibility index (Phi) is 5.02. The van der Waals surface area contributed by atoms with Crippen molar-refractivity contribution in [3.63, 3.8) is 0 Å². The average Bonchev–Trinajstić information content (AvgIpc) is 3.32. The number of pyridine rings is 1. The molecule has 3 aliphatic rings. The minimum absolute atomic E-state index is 0.270. The van der Waals surface area contributed by atoms with Gasteiger partial charge in [-0.1, -0.05) is 13.8 Å². The number of nitrogens with zero attached hydrogens (tertiary/aromatic N) is 6. The predicted octanol–water partition coefficient (Wildman–Crippen LogP) is 2.38. The second-order valence-electron chi connectivity index (χ2n) is 8.55. The SMILES string of the molecule is CCN1N=C(C(C)C)C2c3nc(Nc4ccc(N5CCNCC5)cn4)ncc3CC21. The molecule has 0 aromatic carbocycles. The van der Waals surface area contributed by atoms with Gasteiger partial charge in [0.2, 0.25) is 5.95 Å². The Labute approximate surface area is 177 Å². The summed E-state index contributed by atoms with van der Waals surface area (Å²) in [6.45, 7) is 11.6. The van der Waals surface area contributed by atoms with Crippen LogP contribution in [0, 0.1) is 5.92 Å². The Bertz CT molecular complexity index is 933. The summed E-state index contributed by atoms with van der Waals surface area (Å²) in [4.78, 5) is 16.4. The molecule has 30 heavy (non-hydrogen) atoms. The van der Waals surface area contributed by atoms with Gasteiger partial charge in [-0.15, -0.1) is 0 Å². The highest BCUT2D eigenvalue weighted by atomic mass is 15.5. The fourth-order valence-electron chi connectivity index (χ4n) is 4.80. The Morgan fingerprint density at radius 1 is 1.17 bits per heavy atom. The number of likely N-dealkylation sites (N-methyl/N-ethyl adjacent to an activating group) is 1. The third-order valence-corrected chi connectivity index (χ3v) is 6.34. The second kappa shape index (κ2) is 7.83. The number of hydrogen-bond acceptors (Lipinski definition) is 8. The van der Waals surface area contributed by atoms with E-state index in [2.05, 4.69) is 57.3 Å². The molecule has 2 unspecified atom stereocenters. The van der Waals surface area contributed by atoms with E-state index in [0.29, 0.717) is 17.9 Å². The summed E-state index contributed by atoms with van der Waals surface area (Å²) < 4.78 is 0. The minimum atomic E-state index is 0.270. The molecule has 2 atom stereocenters. The van der Waals surface area contributed by atoms with E-state index in [9.17, 15) is 0 Å². The van der Waals surface area contributed by atoms with Gasteiger partial charge in [-0.3, -0.25) is 5.01 Å². The predicted molar refractivity (Wildman–Crippen MR) is 120 cm³/mol. The highest BCUT2D eigenvalue weighted by Gasteiger charge is 2.45. The lowest BCUT2D eigenvalue weighted by Crippen LogP contribution is -2.43. The van der Waals surface area contributed by atoms with Gasteiger partial charge in [0.25, 0.3) is 0 Å². The topological polar surface area (TPSA) is 81.6 Å². The van der Waals surface area contributed by atoms with Gasteiger partial charge >= 0.3 is 0 Å². The monoisotopic (exact) mass is 406 g/mol. The van der Waals surface area contributed by atoms with Crippen LogP contribution in [0.25, 0.3) is 0 Å². The molecule has 4 heterocycles. The molecule has 0 saturated carbocycles. The fourth-order valence-corrected chi connectivity index (χ4v) is 4.80. The lowest BCUT2D eigenvalue weighted by atomic mass is 9.90. The minimum Gasteiger partial charge on any atom is -0.368 e. The van der Waals surface area contributed by atoms with Crippen LogP contribution in [0.2, 0.25) is 0 Å². The normalized spacial score (nSPS) is 22.9. The first-order valence-electron chi connectivity index (χ1n) is 11.0. The molecule has 8 heteroatoms. The fraction of sp³-hybridized carbons (Fsp3) is 0.545. The maximum atomic E-state index is 4.92. The molecule has 0 bridgehead atoms. The van der Waals surface area contributed by atoms with Crippen LogP contribution in [-0.2, 0) is 6.42 Å². The molecule has 1 aliphatic carbocycles. The maximum absolute atomic E-state index is 4.92. The Hall–Kier alpha value is -2.74. The molecule has 0 spiro atoms. The maximum Gasteiger partial charge on any atom is 0.228 e. The van der Waals surface area contributed by atoms with Crippen LogP contribution in [0.1, 0.15) is 37.9 Å². The molecule has 1 fully saturated rings. The largest absolute Gasteiger partial charge is 0.368 e. The van der Waals surface area contributed by atoms with E-state index in [1.807, 2.05) is 18.5 Å². The van der Waals surface area contributed by atoms with Crippen LogP contribution in [-0.4, -0.2) is 64.4 Å². The van der Waals surface area contributed by atoms with Crippen LogP contribution in [0.15, 0.2) is 29.6 Å². The molecular weight excluding hydrogens is 376 g/mol. The molecule has 2 aromatic rings. The molecule has 8 nitrogen and oxygen atoms in total.